The molecule has 9 nitrogen and oxygen atoms in total. The largest absolute Gasteiger partial charge is 0.478 e. The maximum Gasteiger partial charge on any atom is 0.337 e. The normalized spacial score (nSPS) is 11.5. The summed E-state index contributed by atoms with van der Waals surface area (Å²) in [6, 6.07) is 30.1. The van der Waals surface area contributed by atoms with E-state index in [1.54, 1.807) is 18.2 Å². The number of para-hydroxylation sites is 2. The molecule has 12 heteroatoms. The number of pyridine rings is 1. The molecule has 0 aliphatic carbocycles. The minimum absolute atomic E-state index is 0.0313. The summed E-state index contributed by atoms with van der Waals surface area (Å²) in [5, 5.41) is 10.9. The minimum Gasteiger partial charge on any atom is -0.478 e. The highest BCUT2D eigenvalue weighted by Gasteiger charge is 2.27. The van der Waals surface area contributed by atoms with Crippen LogP contribution in [0.1, 0.15) is 40.0 Å². The zero-order valence-corrected chi connectivity index (χ0v) is 27.1. The molecule has 0 amide bonds. The van der Waals surface area contributed by atoms with Gasteiger partial charge in [-0.15, -0.1) is 0 Å². The molecule has 4 aromatic carbocycles. The fourth-order valence-electron chi connectivity index (χ4n) is 5.40. The number of hydrogen-bond acceptors (Lipinski definition) is 6. The van der Waals surface area contributed by atoms with Crippen LogP contribution in [0.15, 0.2) is 109 Å². The number of halogens is 1. The van der Waals surface area contributed by atoms with Gasteiger partial charge in [0, 0.05) is 24.2 Å². The molecule has 0 spiro atoms. The first-order chi connectivity index (χ1) is 22.6. The van der Waals surface area contributed by atoms with E-state index in [4.69, 9.17) is 4.98 Å². The first-order valence-electron chi connectivity index (χ1n) is 15.0. The van der Waals surface area contributed by atoms with Gasteiger partial charge in [0.25, 0.3) is 0 Å². The summed E-state index contributed by atoms with van der Waals surface area (Å²) in [6.45, 7) is -0.0419. The molecule has 0 aliphatic heterocycles. The molecule has 0 radical (unpaired) electrons. The maximum absolute atomic E-state index is 14.0. The van der Waals surface area contributed by atoms with E-state index < -0.39 is 32.7 Å². The molecule has 244 valence electrons. The van der Waals surface area contributed by atoms with Crippen molar-refractivity contribution in [1.29, 1.82) is 0 Å². The summed E-state index contributed by atoms with van der Waals surface area (Å²) in [5.74, 6) is -2.13. The van der Waals surface area contributed by atoms with Crippen molar-refractivity contribution in [2.75, 3.05) is 21.7 Å². The average Bonchev–Trinajstić information content (AvgIpc) is 3.05. The number of carboxylic acid groups (broad SMARTS) is 1. The Morgan fingerprint density at radius 3 is 2.26 bits per heavy atom. The van der Waals surface area contributed by atoms with Gasteiger partial charge in [0.2, 0.25) is 20.9 Å². The predicted molar refractivity (Wildman–Crippen MR) is 182 cm³/mol. The Balaban J connectivity index is 1.31. The molecule has 1 aromatic heterocycles. The van der Waals surface area contributed by atoms with E-state index in [0.717, 1.165) is 42.9 Å². The first-order valence-corrected chi connectivity index (χ1v) is 17.8. The van der Waals surface area contributed by atoms with Gasteiger partial charge >= 0.3 is 5.97 Å². The highest BCUT2D eigenvalue weighted by Crippen LogP contribution is 2.27. The first kappa shape index (κ1) is 33.6. The fraction of sp³-hybridized carbons (Fsp3) is 0.200. The number of rotatable bonds is 15. The third-order valence-electron chi connectivity index (χ3n) is 7.71. The summed E-state index contributed by atoms with van der Waals surface area (Å²) >= 11 is 0. The molecule has 1 heterocycles. The average molecular weight is 676 g/mol. The molecule has 0 fully saturated rings. The summed E-state index contributed by atoms with van der Waals surface area (Å²) in [5.41, 5.74) is 3.50. The number of aryl methyl sites for hydroxylation is 2. The molecular formula is C35H34FN3O6S2. The van der Waals surface area contributed by atoms with Crippen molar-refractivity contribution >= 4 is 49.2 Å². The van der Waals surface area contributed by atoms with E-state index >= 15 is 0 Å². The second-order valence-electron chi connectivity index (χ2n) is 11.0. The number of sulfonamides is 1. The molecule has 5 rings (SSSR count). The molecule has 0 atom stereocenters. The summed E-state index contributed by atoms with van der Waals surface area (Å²) in [4.78, 5) is 16.8. The monoisotopic (exact) mass is 675 g/mol. The Morgan fingerprint density at radius 1 is 0.787 bits per heavy atom. The van der Waals surface area contributed by atoms with E-state index in [1.807, 2.05) is 48.5 Å². The SMILES string of the molecule is O=C(O)c1ccccc1N(CCCCN(c1ccc(F)cc1)[SH](=O)=O)S(=O)(=O)Cc1cccc(CCc2ccc3ccccc3n2)c1. The van der Waals surface area contributed by atoms with Gasteiger partial charge in [-0.1, -0.05) is 60.7 Å². The lowest BCUT2D eigenvalue weighted by atomic mass is 10.0. The molecular weight excluding hydrogens is 642 g/mol. The van der Waals surface area contributed by atoms with Gasteiger partial charge in [-0.25, -0.2) is 26.0 Å². The molecule has 0 unspecified atom stereocenters. The number of hydrogen-bond donors (Lipinski definition) is 2. The Hall–Kier alpha value is -4.81. The summed E-state index contributed by atoms with van der Waals surface area (Å²) in [7, 11) is -7.11. The summed E-state index contributed by atoms with van der Waals surface area (Å²) < 4.78 is 67.3. The Labute approximate surface area is 275 Å². The molecule has 0 saturated heterocycles. The summed E-state index contributed by atoms with van der Waals surface area (Å²) in [6.07, 6.45) is 1.81. The number of aromatic nitrogens is 1. The third-order valence-corrected chi connectivity index (χ3v) is 10.3. The van der Waals surface area contributed by atoms with Crippen LogP contribution in [-0.4, -0.2) is 46.0 Å². The Kier molecular flexibility index (Phi) is 10.8. The Morgan fingerprint density at radius 2 is 1.49 bits per heavy atom. The lowest BCUT2D eigenvalue weighted by molar-refractivity contribution is 0.0697. The lowest BCUT2D eigenvalue weighted by Crippen LogP contribution is -2.35. The number of carboxylic acids is 1. The van der Waals surface area contributed by atoms with E-state index in [9.17, 15) is 31.1 Å². The van der Waals surface area contributed by atoms with Crippen LogP contribution >= 0.6 is 0 Å². The maximum atomic E-state index is 14.0. The van der Waals surface area contributed by atoms with Crippen LogP contribution in [0.4, 0.5) is 15.8 Å². The van der Waals surface area contributed by atoms with Gasteiger partial charge in [0.05, 0.1) is 28.2 Å². The molecule has 1 N–H and O–H groups in total. The van der Waals surface area contributed by atoms with Crippen LogP contribution in [0.2, 0.25) is 0 Å². The number of thiol groups is 1. The molecule has 0 aliphatic rings. The Bertz CT molecular complexity index is 2040. The number of anilines is 2. The van der Waals surface area contributed by atoms with Gasteiger partial charge in [0.15, 0.2) is 0 Å². The topological polar surface area (TPSA) is 125 Å². The molecule has 0 saturated carbocycles. The van der Waals surface area contributed by atoms with Gasteiger partial charge in [-0.2, -0.15) is 0 Å². The second kappa shape index (κ2) is 15.2. The van der Waals surface area contributed by atoms with Crippen molar-refractivity contribution in [3.05, 3.63) is 137 Å². The van der Waals surface area contributed by atoms with Crippen LogP contribution in [0, 0.1) is 5.82 Å². The highest BCUT2D eigenvalue weighted by atomic mass is 32.2. The van der Waals surface area contributed by atoms with Crippen LogP contribution < -0.4 is 8.61 Å². The smallest absolute Gasteiger partial charge is 0.337 e. The lowest BCUT2D eigenvalue weighted by Gasteiger charge is -2.26. The predicted octanol–water partition coefficient (Wildman–Crippen LogP) is 6.01. The van der Waals surface area contributed by atoms with Crippen molar-refractivity contribution < 1.29 is 31.1 Å². The van der Waals surface area contributed by atoms with Crippen molar-refractivity contribution in [2.45, 2.75) is 31.4 Å². The van der Waals surface area contributed by atoms with E-state index in [-0.39, 0.29) is 42.9 Å². The highest BCUT2D eigenvalue weighted by molar-refractivity contribution is 7.92. The number of nitrogens with zero attached hydrogens (tertiary/aromatic N) is 3. The zero-order chi connectivity index (χ0) is 33.4. The third kappa shape index (κ3) is 8.72. The van der Waals surface area contributed by atoms with Crippen molar-refractivity contribution in [1.82, 2.24) is 4.98 Å². The van der Waals surface area contributed by atoms with Gasteiger partial charge in [0.1, 0.15) is 5.82 Å². The van der Waals surface area contributed by atoms with Gasteiger partial charge < -0.3 is 5.11 Å². The molecule has 5 aromatic rings. The van der Waals surface area contributed by atoms with E-state index in [0.29, 0.717) is 24.1 Å². The number of aromatic carboxylic acids is 1. The second-order valence-corrected chi connectivity index (χ2v) is 13.9. The minimum atomic E-state index is -4.08. The van der Waals surface area contributed by atoms with E-state index in [2.05, 4.69) is 0 Å². The zero-order valence-electron chi connectivity index (χ0n) is 25.4. The number of carbonyl (C=O) groups is 1. The fourth-order valence-corrected chi connectivity index (χ4v) is 7.65. The van der Waals surface area contributed by atoms with Crippen LogP contribution in [0.25, 0.3) is 10.9 Å². The van der Waals surface area contributed by atoms with Crippen molar-refractivity contribution in [3.8, 4) is 0 Å². The van der Waals surface area contributed by atoms with E-state index in [1.165, 1.54) is 30.3 Å². The van der Waals surface area contributed by atoms with Gasteiger partial charge in [-0.3, -0.25) is 13.6 Å². The van der Waals surface area contributed by atoms with Gasteiger partial charge in [-0.05, 0) is 85.3 Å². The quantitative estimate of drug-likeness (QED) is 0.103. The van der Waals surface area contributed by atoms with Crippen LogP contribution in [0.3, 0.4) is 0 Å². The number of unbranched alkanes of at least 4 members (excludes halogenated alkanes) is 1. The van der Waals surface area contributed by atoms with Crippen molar-refractivity contribution in [3.63, 3.8) is 0 Å². The standard InChI is InChI=1S/C35H34FN3O6S2/c36-29-16-20-31(21-17-29)38(46(42)43)22-5-6-23-39(34-13-4-2-11-32(34)35(40)41)47(44,45)25-27-9-7-8-26(24-27)14-18-30-19-15-28-10-1-3-12-33(28)37-30/h1-4,7-13,15-17,19-21,24,46H,5-6,14,18,22-23,25H2,(H,40,41). The van der Waals surface area contributed by atoms with Crippen LogP contribution in [-0.2, 0) is 39.5 Å². The van der Waals surface area contributed by atoms with Crippen LogP contribution in [0.5, 0.6) is 0 Å². The van der Waals surface area contributed by atoms with Crippen molar-refractivity contribution in [2.24, 2.45) is 0 Å². The molecule has 0 bridgehead atoms. The number of fused-ring (bicyclic) bond motifs is 1. The number of benzene rings is 4. The molecule has 47 heavy (non-hydrogen) atoms.